The van der Waals surface area contributed by atoms with Crippen LogP contribution in [0.15, 0.2) is 45.9 Å². The average molecular weight is 249 g/mol. The fourth-order valence-electron chi connectivity index (χ4n) is 1.57. The minimum atomic E-state index is 0.399. The molecule has 2 rings (SSSR count). The molecule has 0 fully saturated rings. The number of furan rings is 1. The first-order chi connectivity index (χ1) is 8.35. The number of thioether (sulfide) groups is 1. The molecule has 1 aromatic heterocycles. The van der Waals surface area contributed by atoms with Crippen molar-refractivity contribution < 1.29 is 9.15 Å². The highest BCUT2D eigenvalue weighted by molar-refractivity contribution is 7.98. The van der Waals surface area contributed by atoms with E-state index in [1.54, 1.807) is 18.0 Å². The van der Waals surface area contributed by atoms with E-state index in [1.165, 1.54) is 0 Å². The second-order valence-electron chi connectivity index (χ2n) is 3.51. The Kier molecular flexibility index (Phi) is 4.12. The predicted molar refractivity (Wildman–Crippen MR) is 69.2 cm³/mol. The minimum Gasteiger partial charge on any atom is -0.488 e. The zero-order valence-electron chi connectivity index (χ0n) is 9.68. The number of benzene rings is 1. The third-order valence-corrected chi connectivity index (χ3v) is 3.25. The topological polar surface area (TPSA) is 48.4 Å². The molecule has 0 spiro atoms. The van der Waals surface area contributed by atoms with Crippen molar-refractivity contribution in [3.8, 4) is 5.75 Å². The van der Waals surface area contributed by atoms with Crippen LogP contribution in [0.25, 0.3) is 0 Å². The molecule has 2 N–H and O–H groups in total. The van der Waals surface area contributed by atoms with E-state index in [9.17, 15) is 0 Å². The number of ether oxygens (including phenoxy) is 1. The summed E-state index contributed by atoms with van der Waals surface area (Å²) in [4.78, 5) is 1.13. The summed E-state index contributed by atoms with van der Waals surface area (Å²) in [6.07, 6.45) is 3.67. The number of hydrogen-bond acceptors (Lipinski definition) is 4. The lowest BCUT2D eigenvalue weighted by Crippen LogP contribution is -2.02. The molecule has 0 atom stereocenters. The summed E-state index contributed by atoms with van der Waals surface area (Å²) in [6, 6.07) is 9.87. The molecular weight excluding hydrogens is 234 g/mol. The lowest BCUT2D eigenvalue weighted by atomic mass is 10.2. The Morgan fingerprint density at radius 2 is 2.12 bits per heavy atom. The van der Waals surface area contributed by atoms with Crippen LogP contribution in [0, 0.1) is 0 Å². The lowest BCUT2D eigenvalue weighted by molar-refractivity contribution is 0.295. The van der Waals surface area contributed by atoms with Crippen LogP contribution in [0.4, 0.5) is 0 Å². The summed E-state index contributed by atoms with van der Waals surface area (Å²) in [6.45, 7) is 0.885. The van der Waals surface area contributed by atoms with E-state index >= 15 is 0 Å². The van der Waals surface area contributed by atoms with Gasteiger partial charge in [0, 0.05) is 10.5 Å². The maximum absolute atomic E-state index is 5.78. The van der Waals surface area contributed by atoms with Crippen molar-refractivity contribution >= 4 is 11.8 Å². The van der Waals surface area contributed by atoms with Crippen LogP contribution >= 0.6 is 11.8 Å². The molecule has 17 heavy (non-hydrogen) atoms. The number of rotatable bonds is 5. The second-order valence-corrected chi connectivity index (χ2v) is 4.36. The Bertz CT molecular complexity index is 482. The summed E-state index contributed by atoms with van der Waals surface area (Å²) < 4.78 is 11.0. The van der Waals surface area contributed by atoms with Crippen molar-refractivity contribution in [2.24, 2.45) is 5.73 Å². The van der Waals surface area contributed by atoms with Gasteiger partial charge in [-0.15, -0.1) is 11.8 Å². The Morgan fingerprint density at radius 3 is 2.88 bits per heavy atom. The van der Waals surface area contributed by atoms with Crippen LogP contribution in [0.1, 0.15) is 11.3 Å². The standard InChI is InChI=1S/C13H15NO2S/c1-17-13-5-3-2-4-11(13)16-9-10-6-7-15-12(10)8-14/h2-7H,8-9,14H2,1H3. The first-order valence-electron chi connectivity index (χ1n) is 5.36. The zero-order valence-corrected chi connectivity index (χ0v) is 10.5. The maximum atomic E-state index is 5.78. The van der Waals surface area contributed by atoms with E-state index in [-0.39, 0.29) is 0 Å². The monoisotopic (exact) mass is 249 g/mol. The first-order valence-corrected chi connectivity index (χ1v) is 6.58. The van der Waals surface area contributed by atoms with Crippen LogP contribution in [-0.4, -0.2) is 6.26 Å². The normalized spacial score (nSPS) is 10.5. The molecule has 0 saturated heterocycles. The average Bonchev–Trinajstić information content (AvgIpc) is 2.84. The molecule has 90 valence electrons. The Labute approximate surface area is 105 Å². The summed E-state index contributed by atoms with van der Waals surface area (Å²) in [5, 5.41) is 0. The quantitative estimate of drug-likeness (QED) is 0.827. The number of nitrogens with two attached hydrogens (primary N) is 1. The maximum Gasteiger partial charge on any atom is 0.133 e. The minimum absolute atomic E-state index is 0.399. The predicted octanol–water partition coefficient (Wildman–Crippen LogP) is 3.04. The van der Waals surface area contributed by atoms with Crippen molar-refractivity contribution in [3.63, 3.8) is 0 Å². The lowest BCUT2D eigenvalue weighted by Gasteiger charge is -2.09. The molecule has 0 saturated carbocycles. The van der Waals surface area contributed by atoms with E-state index in [4.69, 9.17) is 14.9 Å². The van der Waals surface area contributed by atoms with Gasteiger partial charge >= 0.3 is 0 Å². The van der Waals surface area contributed by atoms with Crippen molar-refractivity contribution in [1.29, 1.82) is 0 Å². The van der Waals surface area contributed by atoms with Gasteiger partial charge in [-0.1, -0.05) is 12.1 Å². The molecule has 1 aromatic carbocycles. The summed E-state index contributed by atoms with van der Waals surface area (Å²) in [5.41, 5.74) is 6.57. The van der Waals surface area contributed by atoms with Crippen LogP contribution in [0.2, 0.25) is 0 Å². The van der Waals surface area contributed by atoms with Crippen molar-refractivity contribution in [2.45, 2.75) is 18.0 Å². The largest absolute Gasteiger partial charge is 0.488 e. The number of hydrogen-bond donors (Lipinski definition) is 1. The molecule has 0 bridgehead atoms. The van der Waals surface area contributed by atoms with E-state index in [1.807, 2.05) is 36.6 Å². The Balaban J connectivity index is 2.07. The molecular formula is C13H15NO2S. The van der Waals surface area contributed by atoms with Gasteiger partial charge in [0.1, 0.15) is 18.1 Å². The highest BCUT2D eigenvalue weighted by Crippen LogP contribution is 2.27. The van der Waals surface area contributed by atoms with Gasteiger partial charge in [0.25, 0.3) is 0 Å². The first kappa shape index (κ1) is 12.1. The molecule has 0 unspecified atom stereocenters. The number of para-hydroxylation sites is 1. The molecule has 0 radical (unpaired) electrons. The molecule has 0 aliphatic rings. The molecule has 0 amide bonds. The molecule has 0 aliphatic carbocycles. The van der Waals surface area contributed by atoms with E-state index in [2.05, 4.69) is 0 Å². The summed E-state index contributed by atoms with van der Waals surface area (Å²) >= 11 is 1.67. The van der Waals surface area contributed by atoms with Crippen molar-refractivity contribution in [1.82, 2.24) is 0 Å². The summed E-state index contributed by atoms with van der Waals surface area (Å²) in [7, 11) is 0. The van der Waals surface area contributed by atoms with Gasteiger partial charge in [0.05, 0.1) is 12.8 Å². The molecule has 1 heterocycles. The Hall–Kier alpha value is -1.39. The highest BCUT2D eigenvalue weighted by atomic mass is 32.2. The second kappa shape index (κ2) is 5.80. The van der Waals surface area contributed by atoms with E-state index in [0.29, 0.717) is 13.2 Å². The van der Waals surface area contributed by atoms with Crippen LogP contribution in [-0.2, 0) is 13.2 Å². The third kappa shape index (κ3) is 2.84. The fourth-order valence-corrected chi connectivity index (χ4v) is 2.11. The fraction of sp³-hybridized carbons (Fsp3) is 0.231. The van der Waals surface area contributed by atoms with Gasteiger partial charge in [-0.25, -0.2) is 0 Å². The Morgan fingerprint density at radius 1 is 1.29 bits per heavy atom. The third-order valence-electron chi connectivity index (χ3n) is 2.48. The van der Waals surface area contributed by atoms with Gasteiger partial charge in [-0.05, 0) is 24.5 Å². The van der Waals surface area contributed by atoms with Gasteiger partial charge in [0.15, 0.2) is 0 Å². The van der Waals surface area contributed by atoms with Gasteiger partial charge < -0.3 is 14.9 Å². The smallest absolute Gasteiger partial charge is 0.133 e. The molecule has 2 aromatic rings. The van der Waals surface area contributed by atoms with Gasteiger partial charge in [-0.3, -0.25) is 0 Å². The van der Waals surface area contributed by atoms with E-state index < -0.39 is 0 Å². The summed E-state index contributed by atoms with van der Waals surface area (Å²) in [5.74, 6) is 1.68. The van der Waals surface area contributed by atoms with Crippen LogP contribution < -0.4 is 10.5 Å². The van der Waals surface area contributed by atoms with E-state index in [0.717, 1.165) is 22.0 Å². The molecule has 0 aliphatic heterocycles. The highest BCUT2D eigenvalue weighted by Gasteiger charge is 2.07. The van der Waals surface area contributed by atoms with Gasteiger partial charge in [-0.2, -0.15) is 0 Å². The SMILES string of the molecule is CSc1ccccc1OCc1ccoc1CN. The zero-order chi connectivity index (χ0) is 12.1. The molecule has 4 heteroatoms. The van der Waals surface area contributed by atoms with Crippen molar-refractivity contribution in [2.75, 3.05) is 6.26 Å². The van der Waals surface area contributed by atoms with Crippen molar-refractivity contribution in [3.05, 3.63) is 47.9 Å². The van der Waals surface area contributed by atoms with Crippen LogP contribution in [0.3, 0.4) is 0 Å². The molecule has 3 nitrogen and oxygen atoms in total. The van der Waals surface area contributed by atoms with Crippen LogP contribution in [0.5, 0.6) is 5.75 Å². The van der Waals surface area contributed by atoms with Gasteiger partial charge in [0.2, 0.25) is 0 Å².